The minimum atomic E-state index is -0.257. The van der Waals surface area contributed by atoms with Crippen molar-refractivity contribution in [2.75, 3.05) is 17.2 Å². The van der Waals surface area contributed by atoms with E-state index in [1.54, 1.807) is 0 Å². The van der Waals surface area contributed by atoms with Gasteiger partial charge in [0, 0.05) is 11.0 Å². The molecular formula is C12H13BrN4OS. The van der Waals surface area contributed by atoms with Crippen LogP contribution in [0, 0.1) is 6.92 Å². The number of anilines is 2. The molecule has 0 aliphatic heterocycles. The predicted molar refractivity (Wildman–Crippen MR) is 80.9 cm³/mol. The van der Waals surface area contributed by atoms with Gasteiger partial charge in [-0.05, 0) is 41.4 Å². The van der Waals surface area contributed by atoms with Gasteiger partial charge in [-0.3, -0.25) is 4.79 Å². The summed E-state index contributed by atoms with van der Waals surface area (Å²) in [6.45, 7) is 4.68. The van der Waals surface area contributed by atoms with Crippen LogP contribution in [0.3, 0.4) is 0 Å². The van der Waals surface area contributed by atoms with Crippen molar-refractivity contribution < 1.29 is 4.79 Å². The lowest BCUT2D eigenvalue weighted by Crippen LogP contribution is -2.12. The molecule has 1 amide bonds. The minimum absolute atomic E-state index is 0.257. The second-order valence-corrected chi connectivity index (χ2v) is 5.60. The number of carbonyl (C=O) groups is 1. The van der Waals surface area contributed by atoms with E-state index in [9.17, 15) is 4.79 Å². The van der Waals surface area contributed by atoms with Gasteiger partial charge < -0.3 is 10.6 Å². The third kappa shape index (κ3) is 3.30. The smallest absolute Gasteiger partial charge is 0.286 e. The van der Waals surface area contributed by atoms with Gasteiger partial charge in [-0.2, -0.15) is 0 Å². The van der Waals surface area contributed by atoms with Crippen LogP contribution in [0.4, 0.5) is 10.8 Å². The molecular weight excluding hydrogens is 328 g/mol. The summed E-state index contributed by atoms with van der Waals surface area (Å²) >= 11 is 4.69. The van der Waals surface area contributed by atoms with E-state index >= 15 is 0 Å². The number of hydrogen-bond donors (Lipinski definition) is 2. The zero-order valence-electron chi connectivity index (χ0n) is 10.5. The van der Waals surface area contributed by atoms with E-state index in [0.717, 1.165) is 22.3 Å². The fourth-order valence-corrected chi connectivity index (χ4v) is 2.53. The lowest BCUT2D eigenvalue weighted by atomic mass is 10.2. The maximum absolute atomic E-state index is 12.0. The Balaban J connectivity index is 2.14. The number of halogens is 1. The molecule has 2 rings (SSSR count). The van der Waals surface area contributed by atoms with Gasteiger partial charge in [0.1, 0.15) is 0 Å². The average Bonchev–Trinajstić information content (AvgIpc) is 2.84. The Kier molecular flexibility index (Phi) is 4.49. The molecule has 0 spiro atoms. The number of benzene rings is 1. The largest absolute Gasteiger partial charge is 0.360 e. The second kappa shape index (κ2) is 6.12. The third-order valence-electron chi connectivity index (χ3n) is 2.39. The zero-order chi connectivity index (χ0) is 13.8. The van der Waals surface area contributed by atoms with Crippen molar-refractivity contribution in [2.45, 2.75) is 13.8 Å². The minimum Gasteiger partial charge on any atom is -0.360 e. The van der Waals surface area contributed by atoms with E-state index in [1.165, 1.54) is 11.3 Å². The maximum Gasteiger partial charge on any atom is 0.286 e. The molecule has 0 aliphatic carbocycles. The Labute approximate surface area is 123 Å². The van der Waals surface area contributed by atoms with Crippen LogP contribution in [0.15, 0.2) is 22.7 Å². The first kappa shape index (κ1) is 14.0. The highest BCUT2D eigenvalue weighted by atomic mass is 79.9. The van der Waals surface area contributed by atoms with E-state index in [1.807, 2.05) is 32.0 Å². The first-order valence-electron chi connectivity index (χ1n) is 5.75. The van der Waals surface area contributed by atoms with E-state index in [4.69, 9.17) is 0 Å². The van der Waals surface area contributed by atoms with Gasteiger partial charge in [-0.25, -0.2) is 0 Å². The maximum atomic E-state index is 12.0. The summed E-state index contributed by atoms with van der Waals surface area (Å²) in [6, 6.07) is 5.69. The Morgan fingerprint density at radius 3 is 2.95 bits per heavy atom. The molecule has 100 valence electrons. The van der Waals surface area contributed by atoms with Gasteiger partial charge in [-0.1, -0.05) is 23.5 Å². The molecule has 1 aromatic carbocycles. The van der Waals surface area contributed by atoms with Gasteiger partial charge in [0.15, 0.2) is 0 Å². The number of carbonyl (C=O) groups excluding carboxylic acids is 1. The molecule has 7 heteroatoms. The van der Waals surface area contributed by atoms with Crippen LogP contribution in [-0.2, 0) is 0 Å². The summed E-state index contributed by atoms with van der Waals surface area (Å²) in [5.41, 5.74) is 1.79. The summed E-state index contributed by atoms with van der Waals surface area (Å²) in [4.78, 5) is 12.0. The number of nitrogens with one attached hydrogen (secondary N) is 2. The quantitative estimate of drug-likeness (QED) is 0.896. The Bertz CT molecular complexity index is 599. The summed E-state index contributed by atoms with van der Waals surface area (Å²) in [7, 11) is 0. The summed E-state index contributed by atoms with van der Waals surface area (Å²) in [5, 5.41) is 14.6. The van der Waals surface area contributed by atoms with Gasteiger partial charge >= 0.3 is 0 Å². The molecule has 19 heavy (non-hydrogen) atoms. The van der Waals surface area contributed by atoms with Crippen molar-refractivity contribution in [2.24, 2.45) is 0 Å². The van der Waals surface area contributed by atoms with Gasteiger partial charge in [-0.15, -0.1) is 10.2 Å². The van der Waals surface area contributed by atoms with Crippen LogP contribution in [-0.4, -0.2) is 22.6 Å². The standard InChI is InChI=1S/C12H13BrN4OS/c1-3-14-12-17-16-11(19-12)10(18)15-8-6-4-5-7(2)9(8)13/h4-6H,3H2,1-2H3,(H,14,17)(H,15,18). The third-order valence-corrected chi connectivity index (χ3v) is 4.32. The van der Waals surface area contributed by atoms with E-state index < -0.39 is 0 Å². The van der Waals surface area contributed by atoms with Crippen LogP contribution in [0.5, 0.6) is 0 Å². The molecule has 5 nitrogen and oxygen atoms in total. The molecule has 0 unspecified atom stereocenters. The molecule has 1 aromatic heterocycles. The molecule has 0 saturated carbocycles. The first-order chi connectivity index (χ1) is 9.11. The summed E-state index contributed by atoms with van der Waals surface area (Å²) < 4.78 is 0.875. The Hall–Kier alpha value is -1.47. The lowest BCUT2D eigenvalue weighted by molar-refractivity contribution is 0.102. The molecule has 0 radical (unpaired) electrons. The molecule has 2 N–H and O–H groups in total. The number of aryl methyl sites for hydroxylation is 1. The van der Waals surface area contributed by atoms with Crippen molar-refractivity contribution in [3.05, 3.63) is 33.2 Å². The topological polar surface area (TPSA) is 66.9 Å². The van der Waals surface area contributed by atoms with Gasteiger partial charge in [0.25, 0.3) is 5.91 Å². The molecule has 0 aliphatic rings. The predicted octanol–water partition coefficient (Wildman–Crippen LogP) is 3.29. The van der Waals surface area contributed by atoms with E-state index in [-0.39, 0.29) is 5.91 Å². The van der Waals surface area contributed by atoms with Gasteiger partial charge in [0.05, 0.1) is 5.69 Å². The molecule has 0 atom stereocenters. The van der Waals surface area contributed by atoms with Crippen molar-refractivity contribution in [1.29, 1.82) is 0 Å². The number of hydrogen-bond acceptors (Lipinski definition) is 5. The SMILES string of the molecule is CCNc1nnc(C(=O)Nc2cccc(C)c2Br)s1. The fourth-order valence-electron chi connectivity index (χ4n) is 1.46. The normalized spacial score (nSPS) is 10.3. The molecule has 1 heterocycles. The zero-order valence-corrected chi connectivity index (χ0v) is 12.9. The Morgan fingerprint density at radius 1 is 1.42 bits per heavy atom. The number of amides is 1. The highest BCUT2D eigenvalue weighted by Crippen LogP contribution is 2.26. The van der Waals surface area contributed by atoms with Crippen molar-refractivity contribution >= 4 is 44.0 Å². The van der Waals surface area contributed by atoms with Crippen LogP contribution >= 0.6 is 27.3 Å². The van der Waals surface area contributed by atoms with E-state index in [2.05, 4.69) is 36.8 Å². The highest BCUT2D eigenvalue weighted by molar-refractivity contribution is 9.10. The second-order valence-electron chi connectivity index (χ2n) is 3.83. The van der Waals surface area contributed by atoms with Gasteiger partial charge in [0.2, 0.25) is 10.1 Å². The van der Waals surface area contributed by atoms with Crippen LogP contribution in [0.2, 0.25) is 0 Å². The monoisotopic (exact) mass is 340 g/mol. The molecule has 0 fully saturated rings. The van der Waals surface area contributed by atoms with Crippen molar-refractivity contribution in [1.82, 2.24) is 10.2 Å². The van der Waals surface area contributed by atoms with E-state index in [0.29, 0.717) is 10.1 Å². The summed E-state index contributed by atoms with van der Waals surface area (Å²) in [6.07, 6.45) is 0. The van der Waals surface area contributed by atoms with Crippen LogP contribution in [0.25, 0.3) is 0 Å². The number of aromatic nitrogens is 2. The van der Waals surface area contributed by atoms with Crippen molar-refractivity contribution in [3.8, 4) is 0 Å². The molecule has 2 aromatic rings. The van der Waals surface area contributed by atoms with Crippen LogP contribution in [0.1, 0.15) is 22.3 Å². The fraction of sp³-hybridized carbons (Fsp3) is 0.250. The lowest BCUT2D eigenvalue weighted by Gasteiger charge is -2.07. The first-order valence-corrected chi connectivity index (χ1v) is 7.36. The number of rotatable bonds is 4. The average molecular weight is 341 g/mol. The molecule has 0 saturated heterocycles. The van der Waals surface area contributed by atoms with Crippen LogP contribution < -0.4 is 10.6 Å². The number of nitrogens with zero attached hydrogens (tertiary/aromatic N) is 2. The van der Waals surface area contributed by atoms with Crippen molar-refractivity contribution in [3.63, 3.8) is 0 Å². The highest BCUT2D eigenvalue weighted by Gasteiger charge is 2.14. The molecule has 0 bridgehead atoms. The Morgan fingerprint density at radius 2 is 2.21 bits per heavy atom. The summed E-state index contributed by atoms with van der Waals surface area (Å²) in [5.74, 6) is -0.257.